The number of carboxylic acid groups (broad SMARTS) is 1. The van der Waals surface area contributed by atoms with Crippen molar-refractivity contribution >= 4 is 11.9 Å². The van der Waals surface area contributed by atoms with Crippen molar-refractivity contribution in [3.8, 4) is 0 Å². The largest absolute Gasteiger partial charge is 0.481 e. The van der Waals surface area contributed by atoms with Crippen LogP contribution in [0, 0.1) is 0 Å². The normalized spacial score (nSPS) is 12.1. The van der Waals surface area contributed by atoms with Gasteiger partial charge < -0.3 is 9.84 Å². The highest BCUT2D eigenvalue weighted by atomic mass is 16.5. The van der Waals surface area contributed by atoms with Crippen LogP contribution in [0.3, 0.4) is 0 Å². The third kappa shape index (κ3) is 21.5. The Bertz CT molecular complexity index is 381. The monoisotopic (exact) mass is 412 g/mol. The molecule has 4 nitrogen and oxygen atoms in total. The zero-order valence-electron chi connectivity index (χ0n) is 19.4. The number of carbonyl (C=O) groups is 2. The van der Waals surface area contributed by atoms with E-state index in [-0.39, 0.29) is 18.5 Å². The van der Waals surface area contributed by atoms with E-state index >= 15 is 0 Å². The minimum Gasteiger partial charge on any atom is -0.481 e. The molecule has 0 amide bonds. The molecule has 172 valence electrons. The molecule has 0 aromatic rings. The number of carboxylic acids is 1. The molecule has 0 aliphatic rings. The topological polar surface area (TPSA) is 63.6 Å². The minimum absolute atomic E-state index is 0.0695. The first-order valence-corrected chi connectivity index (χ1v) is 12.5. The lowest BCUT2D eigenvalue weighted by molar-refractivity contribution is -0.149. The van der Waals surface area contributed by atoms with E-state index in [1.165, 1.54) is 64.2 Å². The van der Waals surface area contributed by atoms with Crippen LogP contribution in [0.25, 0.3) is 0 Å². The number of rotatable bonds is 22. The molecular formula is C25H48O4. The lowest BCUT2D eigenvalue weighted by Gasteiger charge is -2.17. The van der Waals surface area contributed by atoms with Gasteiger partial charge in [-0.3, -0.25) is 9.59 Å². The fourth-order valence-electron chi connectivity index (χ4n) is 3.75. The third-order valence-electron chi connectivity index (χ3n) is 5.63. The van der Waals surface area contributed by atoms with Gasteiger partial charge >= 0.3 is 11.9 Å². The van der Waals surface area contributed by atoms with Crippen molar-refractivity contribution in [1.82, 2.24) is 0 Å². The van der Waals surface area contributed by atoms with Gasteiger partial charge in [0, 0.05) is 12.8 Å². The number of hydrogen-bond acceptors (Lipinski definition) is 3. The van der Waals surface area contributed by atoms with Crippen LogP contribution in [-0.4, -0.2) is 23.1 Å². The Balaban J connectivity index is 3.70. The van der Waals surface area contributed by atoms with E-state index in [2.05, 4.69) is 6.92 Å². The van der Waals surface area contributed by atoms with Crippen LogP contribution >= 0.6 is 0 Å². The summed E-state index contributed by atoms with van der Waals surface area (Å²) in [5, 5.41) is 8.65. The van der Waals surface area contributed by atoms with E-state index in [9.17, 15) is 9.59 Å². The van der Waals surface area contributed by atoms with E-state index in [0.717, 1.165) is 51.4 Å². The molecule has 0 heterocycles. The van der Waals surface area contributed by atoms with Gasteiger partial charge in [-0.25, -0.2) is 0 Å². The molecule has 0 fully saturated rings. The maximum absolute atomic E-state index is 11.7. The van der Waals surface area contributed by atoms with Crippen molar-refractivity contribution < 1.29 is 19.4 Å². The van der Waals surface area contributed by atoms with Gasteiger partial charge in [-0.15, -0.1) is 0 Å². The van der Waals surface area contributed by atoms with Crippen LogP contribution in [-0.2, 0) is 14.3 Å². The zero-order chi connectivity index (χ0) is 21.6. The summed E-state index contributed by atoms with van der Waals surface area (Å²) in [6.45, 7) is 4.11. The number of esters is 1. The van der Waals surface area contributed by atoms with E-state index < -0.39 is 5.97 Å². The molecule has 1 atom stereocenters. The first-order chi connectivity index (χ1) is 14.1. The van der Waals surface area contributed by atoms with Gasteiger partial charge in [0.2, 0.25) is 0 Å². The number of carbonyl (C=O) groups excluding carboxylic acids is 1. The van der Waals surface area contributed by atoms with Gasteiger partial charge in [0.25, 0.3) is 0 Å². The summed E-state index contributed by atoms with van der Waals surface area (Å²) < 4.78 is 5.63. The fraction of sp³-hybridized carbons (Fsp3) is 0.920. The van der Waals surface area contributed by atoms with E-state index in [1.807, 2.05) is 6.92 Å². The molecule has 4 heteroatoms. The smallest absolute Gasteiger partial charge is 0.305 e. The summed E-state index contributed by atoms with van der Waals surface area (Å²) in [5.74, 6) is -0.789. The van der Waals surface area contributed by atoms with E-state index in [1.54, 1.807) is 0 Å². The molecule has 0 aromatic carbocycles. The van der Waals surface area contributed by atoms with Crippen LogP contribution in [0.2, 0.25) is 0 Å². The number of ether oxygens (including phenoxy) is 1. The quantitative estimate of drug-likeness (QED) is 0.145. The summed E-state index contributed by atoms with van der Waals surface area (Å²) in [4.78, 5) is 22.2. The molecule has 0 saturated heterocycles. The zero-order valence-corrected chi connectivity index (χ0v) is 19.4. The van der Waals surface area contributed by atoms with E-state index in [4.69, 9.17) is 9.84 Å². The van der Waals surface area contributed by atoms with Crippen LogP contribution in [0.4, 0.5) is 0 Å². The molecule has 0 radical (unpaired) electrons. The van der Waals surface area contributed by atoms with Crippen molar-refractivity contribution in [2.24, 2.45) is 0 Å². The van der Waals surface area contributed by atoms with Gasteiger partial charge in [0.15, 0.2) is 0 Å². The highest BCUT2D eigenvalue weighted by Gasteiger charge is 2.13. The molecule has 0 aromatic heterocycles. The molecule has 0 spiro atoms. The maximum Gasteiger partial charge on any atom is 0.305 e. The second-order valence-electron chi connectivity index (χ2n) is 8.49. The standard InChI is InChI=1S/C25H48O4/c1-3-5-6-7-8-9-10-11-12-14-17-20-23(29-25(28)4-2)21-18-15-13-16-19-22-24(26)27/h23H,3-22H2,1-2H3,(H,26,27). The summed E-state index contributed by atoms with van der Waals surface area (Å²) in [6, 6.07) is 0. The Labute approximate surface area is 180 Å². The Kier molecular flexibility index (Phi) is 20.9. The lowest BCUT2D eigenvalue weighted by atomic mass is 10.0. The predicted octanol–water partition coefficient (Wildman–Crippen LogP) is 7.82. The van der Waals surface area contributed by atoms with E-state index in [0.29, 0.717) is 6.42 Å². The summed E-state index contributed by atoms with van der Waals surface area (Å²) in [6.07, 6.45) is 22.4. The van der Waals surface area contributed by atoms with Crippen LogP contribution in [0.1, 0.15) is 142 Å². The second kappa shape index (κ2) is 21.6. The Morgan fingerprint density at radius 2 is 1.07 bits per heavy atom. The van der Waals surface area contributed by atoms with Crippen molar-refractivity contribution in [2.45, 2.75) is 148 Å². The fourth-order valence-corrected chi connectivity index (χ4v) is 3.75. The summed E-state index contributed by atoms with van der Waals surface area (Å²) >= 11 is 0. The molecule has 0 aliphatic heterocycles. The second-order valence-corrected chi connectivity index (χ2v) is 8.49. The molecule has 1 N–H and O–H groups in total. The molecular weight excluding hydrogens is 364 g/mol. The van der Waals surface area contributed by atoms with Crippen molar-refractivity contribution in [2.75, 3.05) is 0 Å². The average molecular weight is 413 g/mol. The van der Waals surface area contributed by atoms with Gasteiger partial charge in [0.1, 0.15) is 6.10 Å². The Hall–Kier alpha value is -1.06. The van der Waals surface area contributed by atoms with Gasteiger partial charge in [0.05, 0.1) is 0 Å². The lowest BCUT2D eigenvalue weighted by Crippen LogP contribution is -2.17. The summed E-state index contributed by atoms with van der Waals surface area (Å²) in [5.41, 5.74) is 0. The minimum atomic E-state index is -0.705. The Morgan fingerprint density at radius 1 is 0.655 bits per heavy atom. The third-order valence-corrected chi connectivity index (χ3v) is 5.63. The summed E-state index contributed by atoms with van der Waals surface area (Å²) in [7, 11) is 0. The molecule has 0 saturated carbocycles. The van der Waals surface area contributed by atoms with Gasteiger partial charge in [-0.05, 0) is 32.1 Å². The molecule has 29 heavy (non-hydrogen) atoms. The van der Waals surface area contributed by atoms with Gasteiger partial charge in [-0.2, -0.15) is 0 Å². The highest BCUT2D eigenvalue weighted by Crippen LogP contribution is 2.18. The maximum atomic E-state index is 11.7. The van der Waals surface area contributed by atoms with Crippen molar-refractivity contribution in [1.29, 1.82) is 0 Å². The first kappa shape index (κ1) is 27.9. The molecule has 0 bridgehead atoms. The first-order valence-electron chi connectivity index (χ1n) is 12.5. The number of unbranched alkanes of at least 4 members (excludes halogenated alkanes) is 14. The average Bonchev–Trinajstić information content (AvgIpc) is 2.70. The molecule has 1 unspecified atom stereocenters. The highest BCUT2D eigenvalue weighted by molar-refractivity contribution is 5.69. The Morgan fingerprint density at radius 3 is 1.48 bits per heavy atom. The molecule has 0 rings (SSSR count). The number of aliphatic carboxylic acids is 1. The molecule has 0 aliphatic carbocycles. The van der Waals surface area contributed by atoms with Crippen LogP contribution in [0.5, 0.6) is 0 Å². The van der Waals surface area contributed by atoms with Gasteiger partial charge in [-0.1, -0.05) is 97.3 Å². The van der Waals surface area contributed by atoms with Crippen LogP contribution in [0.15, 0.2) is 0 Å². The van der Waals surface area contributed by atoms with Crippen molar-refractivity contribution in [3.63, 3.8) is 0 Å². The van der Waals surface area contributed by atoms with Crippen molar-refractivity contribution in [3.05, 3.63) is 0 Å². The number of hydrogen-bond donors (Lipinski definition) is 1. The predicted molar refractivity (Wildman–Crippen MR) is 121 cm³/mol. The SMILES string of the molecule is CCCCCCCCCCCCCC(CCCCCCCC(=O)O)OC(=O)CC. The van der Waals surface area contributed by atoms with Crippen LogP contribution < -0.4 is 0 Å².